The molecule has 2 aromatic rings. The van der Waals surface area contributed by atoms with Gasteiger partial charge in [-0.2, -0.15) is 0 Å². The van der Waals surface area contributed by atoms with Gasteiger partial charge in [0.25, 0.3) is 5.92 Å². The van der Waals surface area contributed by atoms with Gasteiger partial charge in [-0.15, -0.1) is 0 Å². The summed E-state index contributed by atoms with van der Waals surface area (Å²) in [7, 11) is 0. The van der Waals surface area contributed by atoms with Gasteiger partial charge in [0.1, 0.15) is 5.75 Å². The number of aromatic carboxylic acids is 1. The number of halogens is 2. The van der Waals surface area contributed by atoms with E-state index < -0.39 is 11.9 Å². The zero-order chi connectivity index (χ0) is 21.7. The molecular weight excluding hydrogens is 394 g/mol. The number of ether oxygens (including phenoxy) is 1. The fourth-order valence-electron chi connectivity index (χ4n) is 3.39. The molecule has 0 bridgehead atoms. The van der Waals surface area contributed by atoms with Crippen LogP contribution in [0.25, 0.3) is 0 Å². The summed E-state index contributed by atoms with van der Waals surface area (Å²) >= 11 is 0. The molecule has 160 valence electrons. The molecule has 1 aliphatic carbocycles. The molecule has 0 heterocycles. The molecule has 1 aliphatic rings. The Kier molecular flexibility index (Phi) is 6.54. The highest BCUT2D eigenvalue weighted by Crippen LogP contribution is 2.28. The number of carbonyl (C=O) groups excluding carboxylic acids is 1. The minimum atomic E-state index is -2.92. The van der Waals surface area contributed by atoms with Crippen LogP contribution < -0.4 is 15.4 Å². The Morgan fingerprint density at radius 2 is 1.60 bits per heavy atom. The van der Waals surface area contributed by atoms with E-state index in [4.69, 9.17) is 9.84 Å². The van der Waals surface area contributed by atoms with Crippen molar-refractivity contribution in [2.45, 2.75) is 50.7 Å². The highest BCUT2D eigenvalue weighted by molar-refractivity contribution is 5.89. The molecule has 0 atom stereocenters. The SMILES string of the molecule is CC(F)(F)c1ccc(NC(=O)NC2CCC(Oc3ccc(C(=O)O)cc3)CC2)cc1. The van der Waals surface area contributed by atoms with Gasteiger partial charge in [-0.3, -0.25) is 0 Å². The van der Waals surface area contributed by atoms with E-state index in [1.54, 1.807) is 12.1 Å². The Labute approximate surface area is 173 Å². The smallest absolute Gasteiger partial charge is 0.335 e. The predicted molar refractivity (Wildman–Crippen MR) is 108 cm³/mol. The number of hydrogen-bond acceptors (Lipinski definition) is 3. The molecule has 3 N–H and O–H groups in total. The number of carboxylic acids is 1. The largest absolute Gasteiger partial charge is 0.490 e. The van der Waals surface area contributed by atoms with Crippen LogP contribution in [0.4, 0.5) is 19.3 Å². The van der Waals surface area contributed by atoms with Gasteiger partial charge in [0.2, 0.25) is 0 Å². The Morgan fingerprint density at radius 1 is 1.00 bits per heavy atom. The maximum absolute atomic E-state index is 13.2. The van der Waals surface area contributed by atoms with E-state index in [2.05, 4.69) is 10.6 Å². The third kappa shape index (κ3) is 5.92. The first-order valence-electron chi connectivity index (χ1n) is 9.76. The van der Waals surface area contributed by atoms with Gasteiger partial charge in [0.05, 0.1) is 11.7 Å². The maximum atomic E-state index is 13.2. The van der Waals surface area contributed by atoms with Crippen molar-refractivity contribution in [1.82, 2.24) is 5.32 Å². The summed E-state index contributed by atoms with van der Waals surface area (Å²) in [5.74, 6) is -3.28. The van der Waals surface area contributed by atoms with Crippen LogP contribution in [0.2, 0.25) is 0 Å². The van der Waals surface area contributed by atoms with Gasteiger partial charge in [-0.25, -0.2) is 18.4 Å². The molecule has 1 saturated carbocycles. The molecule has 0 aliphatic heterocycles. The van der Waals surface area contributed by atoms with Crippen LogP contribution in [0.5, 0.6) is 5.75 Å². The van der Waals surface area contributed by atoms with Gasteiger partial charge in [0, 0.05) is 24.2 Å². The molecule has 30 heavy (non-hydrogen) atoms. The van der Waals surface area contributed by atoms with Crippen molar-refractivity contribution in [2.24, 2.45) is 0 Å². The van der Waals surface area contributed by atoms with Crippen molar-refractivity contribution >= 4 is 17.7 Å². The maximum Gasteiger partial charge on any atom is 0.335 e. The molecule has 0 radical (unpaired) electrons. The van der Waals surface area contributed by atoms with Gasteiger partial charge in [-0.05, 0) is 62.1 Å². The molecule has 1 fully saturated rings. The molecule has 6 nitrogen and oxygen atoms in total. The summed E-state index contributed by atoms with van der Waals surface area (Å²) in [5, 5.41) is 14.5. The Hall–Kier alpha value is -3.16. The van der Waals surface area contributed by atoms with E-state index in [9.17, 15) is 18.4 Å². The van der Waals surface area contributed by atoms with Crippen LogP contribution >= 0.6 is 0 Å². The zero-order valence-electron chi connectivity index (χ0n) is 16.5. The predicted octanol–water partition coefficient (Wildman–Crippen LogP) is 5.01. The fourth-order valence-corrected chi connectivity index (χ4v) is 3.39. The van der Waals surface area contributed by atoms with Gasteiger partial charge < -0.3 is 20.5 Å². The third-order valence-corrected chi connectivity index (χ3v) is 5.06. The van der Waals surface area contributed by atoms with Crippen molar-refractivity contribution in [3.05, 3.63) is 59.7 Å². The van der Waals surface area contributed by atoms with E-state index in [1.165, 1.54) is 36.4 Å². The Bertz CT molecular complexity index is 872. The molecular formula is C22H24F2N2O4. The van der Waals surface area contributed by atoms with Crippen molar-refractivity contribution in [3.63, 3.8) is 0 Å². The van der Waals surface area contributed by atoms with Crippen LogP contribution in [0.1, 0.15) is 48.5 Å². The molecule has 0 saturated heterocycles. The Morgan fingerprint density at radius 3 is 2.13 bits per heavy atom. The normalized spacial score (nSPS) is 19.0. The fraction of sp³-hybridized carbons (Fsp3) is 0.364. The first kappa shape index (κ1) is 21.5. The number of alkyl halides is 2. The molecule has 0 unspecified atom stereocenters. The first-order valence-corrected chi connectivity index (χ1v) is 9.76. The van der Waals surface area contributed by atoms with E-state index in [1.807, 2.05) is 0 Å². The second-order valence-electron chi connectivity index (χ2n) is 7.49. The summed E-state index contributed by atoms with van der Waals surface area (Å²) in [6.45, 7) is 0.827. The van der Waals surface area contributed by atoms with Crippen LogP contribution in [-0.4, -0.2) is 29.3 Å². The molecule has 2 aromatic carbocycles. The van der Waals surface area contributed by atoms with Crippen LogP contribution in [0.15, 0.2) is 48.5 Å². The third-order valence-electron chi connectivity index (χ3n) is 5.06. The van der Waals surface area contributed by atoms with E-state index in [-0.39, 0.29) is 29.3 Å². The molecule has 0 aromatic heterocycles. The molecule has 3 rings (SSSR count). The monoisotopic (exact) mass is 418 g/mol. The topological polar surface area (TPSA) is 87.7 Å². The van der Waals surface area contributed by atoms with E-state index in [0.29, 0.717) is 11.4 Å². The second-order valence-corrected chi connectivity index (χ2v) is 7.49. The lowest BCUT2D eigenvalue weighted by Crippen LogP contribution is -2.41. The summed E-state index contributed by atoms with van der Waals surface area (Å²) < 4.78 is 32.4. The van der Waals surface area contributed by atoms with Gasteiger partial charge in [-0.1, -0.05) is 12.1 Å². The Balaban J connectivity index is 1.42. The average Bonchev–Trinajstić information content (AvgIpc) is 2.69. The number of anilines is 1. The van der Waals surface area contributed by atoms with Crippen LogP contribution in [0, 0.1) is 0 Å². The average molecular weight is 418 g/mol. The van der Waals surface area contributed by atoms with Crippen molar-refractivity contribution < 1.29 is 28.2 Å². The highest BCUT2D eigenvalue weighted by Gasteiger charge is 2.25. The first-order chi connectivity index (χ1) is 14.2. The number of carboxylic acid groups (broad SMARTS) is 1. The summed E-state index contributed by atoms with van der Waals surface area (Å²) in [5.41, 5.74) is 0.547. The number of benzene rings is 2. The molecule has 8 heteroatoms. The van der Waals surface area contributed by atoms with Crippen LogP contribution in [-0.2, 0) is 5.92 Å². The summed E-state index contributed by atoms with van der Waals surface area (Å²) in [4.78, 5) is 23.1. The number of carbonyl (C=O) groups is 2. The number of urea groups is 1. The lowest BCUT2D eigenvalue weighted by molar-refractivity contribution is 0.0175. The quantitative estimate of drug-likeness (QED) is 0.616. The molecule has 0 spiro atoms. The minimum absolute atomic E-state index is 0.00140. The van der Waals surface area contributed by atoms with E-state index >= 15 is 0 Å². The summed E-state index contributed by atoms with van der Waals surface area (Å²) in [6, 6.07) is 11.4. The van der Waals surface area contributed by atoms with Crippen molar-refractivity contribution in [3.8, 4) is 5.75 Å². The van der Waals surface area contributed by atoms with E-state index in [0.717, 1.165) is 32.6 Å². The standard InChI is InChI=1S/C22H24F2N2O4/c1-22(23,24)15-4-6-16(7-5-15)25-21(29)26-17-8-12-19(13-9-17)30-18-10-2-14(3-11-18)20(27)28/h2-7,10-11,17,19H,8-9,12-13H2,1H3,(H,27,28)(H2,25,26,29). The molecule has 2 amide bonds. The highest BCUT2D eigenvalue weighted by atomic mass is 19.3. The number of nitrogens with one attached hydrogen (secondary N) is 2. The number of amides is 2. The second kappa shape index (κ2) is 9.11. The summed E-state index contributed by atoms with van der Waals surface area (Å²) in [6.07, 6.45) is 3.00. The van der Waals surface area contributed by atoms with Crippen molar-refractivity contribution in [2.75, 3.05) is 5.32 Å². The lowest BCUT2D eigenvalue weighted by atomic mass is 9.93. The number of rotatable bonds is 6. The van der Waals surface area contributed by atoms with Gasteiger partial charge in [0.15, 0.2) is 0 Å². The van der Waals surface area contributed by atoms with Crippen molar-refractivity contribution in [1.29, 1.82) is 0 Å². The number of hydrogen-bond donors (Lipinski definition) is 3. The van der Waals surface area contributed by atoms with Crippen LogP contribution in [0.3, 0.4) is 0 Å². The van der Waals surface area contributed by atoms with Gasteiger partial charge >= 0.3 is 12.0 Å². The lowest BCUT2D eigenvalue weighted by Gasteiger charge is -2.29. The zero-order valence-corrected chi connectivity index (χ0v) is 16.5. The minimum Gasteiger partial charge on any atom is -0.490 e.